The quantitative estimate of drug-likeness (QED) is 0.494. The molecule has 0 spiro atoms. The topological polar surface area (TPSA) is 134 Å². The minimum Gasteiger partial charge on any atom is -0.439 e. The summed E-state index contributed by atoms with van der Waals surface area (Å²) in [6, 6.07) is 0. The van der Waals surface area contributed by atoms with E-state index < -0.39 is 0 Å². The van der Waals surface area contributed by atoms with Gasteiger partial charge in [-0.3, -0.25) is 19.2 Å². The van der Waals surface area contributed by atoms with Gasteiger partial charge in [-0.1, -0.05) is 0 Å². The number of aromatic nitrogens is 2. The summed E-state index contributed by atoms with van der Waals surface area (Å²) >= 11 is 1.24. The maximum Gasteiger partial charge on any atom is 0.246 e. The number of thiazole rings is 1. The van der Waals surface area contributed by atoms with E-state index in [1.54, 1.807) is 6.92 Å². The molecule has 2 aliphatic carbocycles. The molecule has 0 aromatic carbocycles. The molecule has 2 aromatic rings. The lowest BCUT2D eigenvalue weighted by atomic mass is 10.0. The van der Waals surface area contributed by atoms with Gasteiger partial charge in [0.25, 0.3) is 0 Å². The van der Waals surface area contributed by atoms with Gasteiger partial charge in [-0.25, -0.2) is 9.97 Å². The summed E-state index contributed by atoms with van der Waals surface area (Å²) in [5, 5.41) is 6.76. The molecule has 0 unspecified atom stereocenters. The fraction of sp³-hybridized carbons (Fsp3) is 0.364. The van der Waals surface area contributed by atoms with Gasteiger partial charge in [-0.15, -0.1) is 11.3 Å². The number of carbonyl (C=O) groups is 4. The van der Waals surface area contributed by atoms with Gasteiger partial charge in [0.05, 0.1) is 16.4 Å². The smallest absolute Gasteiger partial charge is 0.246 e. The first-order chi connectivity index (χ1) is 15.8. The van der Waals surface area contributed by atoms with E-state index in [9.17, 15) is 19.2 Å². The summed E-state index contributed by atoms with van der Waals surface area (Å²) in [5.74, 6) is -1.17. The minimum atomic E-state index is -0.369. The second-order valence-corrected chi connectivity index (χ2v) is 9.01. The number of ketones is 4. The van der Waals surface area contributed by atoms with Crippen LogP contribution in [0.1, 0.15) is 59.1 Å². The average Bonchev–Trinajstić information content (AvgIpc) is 3.43. The van der Waals surface area contributed by atoms with Crippen LogP contribution in [0.15, 0.2) is 34.4 Å². The highest BCUT2D eigenvalue weighted by atomic mass is 32.1. The van der Waals surface area contributed by atoms with Gasteiger partial charge in [-0.2, -0.15) is 0 Å². The van der Waals surface area contributed by atoms with E-state index in [1.807, 2.05) is 7.05 Å². The fourth-order valence-electron chi connectivity index (χ4n) is 3.63. The Balaban J connectivity index is 1.14. The first kappa shape index (κ1) is 22.7. The minimum absolute atomic E-state index is 0.0241. The van der Waals surface area contributed by atoms with Gasteiger partial charge in [0, 0.05) is 25.2 Å². The molecule has 0 atom stereocenters. The van der Waals surface area contributed by atoms with E-state index >= 15 is 0 Å². The first-order valence-corrected chi connectivity index (χ1v) is 11.4. The van der Waals surface area contributed by atoms with Crippen molar-refractivity contribution in [3.05, 3.63) is 57.0 Å². The second-order valence-electron chi connectivity index (χ2n) is 7.81. The summed E-state index contributed by atoms with van der Waals surface area (Å²) in [6.07, 6.45) is 5.24. The molecule has 172 valence electrons. The van der Waals surface area contributed by atoms with Crippen molar-refractivity contribution in [2.45, 2.75) is 19.8 Å². The summed E-state index contributed by atoms with van der Waals surface area (Å²) in [6.45, 7) is 4.41. The third-order valence-electron chi connectivity index (χ3n) is 5.28. The van der Waals surface area contributed by atoms with E-state index in [0.29, 0.717) is 28.7 Å². The van der Waals surface area contributed by atoms with Gasteiger partial charge >= 0.3 is 0 Å². The third-order valence-corrected chi connectivity index (χ3v) is 6.27. The molecule has 4 rings (SSSR count). The van der Waals surface area contributed by atoms with Crippen LogP contribution in [0.5, 0.6) is 0 Å². The largest absolute Gasteiger partial charge is 0.439 e. The molecule has 2 heterocycles. The van der Waals surface area contributed by atoms with Crippen LogP contribution in [0.3, 0.4) is 0 Å². The molecule has 0 saturated carbocycles. The zero-order valence-corrected chi connectivity index (χ0v) is 19.1. The Kier molecular flexibility index (Phi) is 6.61. The molecule has 11 heteroatoms. The maximum absolute atomic E-state index is 12.5. The SMILES string of the molecule is Cc1nc2c(s1)C(=O)C=C(NCCCN(C)CCCNC1=CC(=O)c3ncoc3C1=O)C2=O. The van der Waals surface area contributed by atoms with Crippen molar-refractivity contribution in [3.63, 3.8) is 0 Å². The number of rotatable bonds is 10. The van der Waals surface area contributed by atoms with Crippen molar-refractivity contribution in [1.82, 2.24) is 25.5 Å². The number of Topliss-reactive ketones (excluding diaryl/α,β-unsaturated/α-hetero) is 2. The van der Waals surface area contributed by atoms with Gasteiger partial charge in [-0.05, 0) is 39.9 Å². The summed E-state index contributed by atoms with van der Waals surface area (Å²) in [4.78, 5) is 59.4. The summed E-state index contributed by atoms with van der Waals surface area (Å²) < 4.78 is 5.02. The molecule has 0 radical (unpaired) electrons. The predicted octanol–water partition coefficient (Wildman–Crippen LogP) is 1.56. The van der Waals surface area contributed by atoms with Gasteiger partial charge in [0.15, 0.2) is 17.9 Å². The van der Waals surface area contributed by atoms with Crippen LogP contribution in [0, 0.1) is 6.92 Å². The normalized spacial score (nSPS) is 15.4. The van der Waals surface area contributed by atoms with Crippen molar-refractivity contribution in [2.75, 3.05) is 33.2 Å². The zero-order chi connectivity index (χ0) is 23.5. The van der Waals surface area contributed by atoms with Crippen LogP contribution >= 0.6 is 11.3 Å². The van der Waals surface area contributed by atoms with Crippen LogP contribution in [0.4, 0.5) is 0 Å². The number of nitrogens with zero attached hydrogens (tertiary/aromatic N) is 3. The van der Waals surface area contributed by atoms with Crippen LogP contribution in [0.2, 0.25) is 0 Å². The number of aryl methyl sites for hydroxylation is 1. The Bertz CT molecular complexity index is 1190. The van der Waals surface area contributed by atoms with Crippen molar-refractivity contribution < 1.29 is 23.6 Å². The van der Waals surface area contributed by atoms with E-state index in [0.717, 1.165) is 32.3 Å². The number of hydrogen-bond donors (Lipinski definition) is 2. The molecular weight excluding hydrogens is 446 g/mol. The standard InChI is InChI=1S/C22H23N5O5S/c1-12-26-18-19(30)13(10-16(29)22(18)33-12)23-5-3-7-27(2)8-4-6-24-14-9-15(28)17-21(20(14)31)32-11-25-17/h9-11,23-24H,3-8H2,1-2H3. The molecule has 0 saturated heterocycles. The van der Waals surface area contributed by atoms with E-state index in [4.69, 9.17) is 4.42 Å². The predicted molar refractivity (Wildman–Crippen MR) is 120 cm³/mol. The van der Waals surface area contributed by atoms with Crippen LogP contribution in [-0.4, -0.2) is 71.2 Å². The maximum atomic E-state index is 12.5. The summed E-state index contributed by atoms with van der Waals surface area (Å²) in [5.41, 5.74) is 0.801. The van der Waals surface area contributed by atoms with Crippen molar-refractivity contribution in [3.8, 4) is 0 Å². The highest BCUT2D eigenvalue weighted by Crippen LogP contribution is 2.25. The van der Waals surface area contributed by atoms with E-state index in [-0.39, 0.29) is 46.0 Å². The molecule has 0 amide bonds. The van der Waals surface area contributed by atoms with Crippen LogP contribution in [-0.2, 0) is 0 Å². The number of carbonyl (C=O) groups excluding carboxylic acids is 4. The van der Waals surface area contributed by atoms with Crippen molar-refractivity contribution in [2.24, 2.45) is 0 Å². The van der Waals surface area contributed by atoms with Gasteiger partial charge < -0.3 is 20.0 Å². The Morgan fingerprint density at radius 2 is 1.58 bits per heavy atom. The van der Waals surface area contributed by atoms with E-state index in [2.05, 4.69) is 25.5 Å². The lowest BCUT2D eigenvalue weighted by Gasteiger charge is -2.18. The molecule has 0 fully saturated rings. The van der Waals surface area contributed by atoms with Crippen molar-refractivity contribution >= 4 is 34.5 Å². The lowest BCUT2D eigenvalue weighted by molar-refractivity contribution is 0.0956. The van der Waals surface area contributed by atoms with Gasteiger partial charge in [0.1, 0.15) is 10.6 Å². The molecule has 0 aliphatic heterocycles. The number of hydrogen-bond acceptors (Lipinski definition) is 11. The first-order valence-electron chi connectivity index (χ1n) is 10.5. The number of nitrogens with one attached hydrogen (secondary N) is 2. The Labute approximate surface area is 193 Å². The van der Waals surface area contributed by atoms with Crippen LogP contribution < -0.4 is 10.6 Å². The fourth-order valence-corrected chi connectivity index (χ4v) is 4.45. The zero-order valence-electron chi connectivity index (χ0n) is 18.3. The van der Waals surface area contributed by atoms with Gasteiger partial charge in [0.2, 0.25) is 23.1 Å². The van der Waals surface area contributed by atoms with Crippen molar-refractivity contribution in [1.29, 1.82) is 0 Å². The number of allylic oxidation sites excluding steroid dienone is 4. The third kappa shape index (κ3) is 4.83. The second kappa shape index (κ2) is 9.59. The lowest BCUT2D eigenvalue weighted by Crippen LogP contribution is -2.31. The monoisotopic (exact) mass is 469 g/mol. The number of fused-ring (bicyclic) bond motifs is 2. The van der Waals surface area contributed by atoms with Crippen LogP contribution in [0.25, 0.3) is 0 Å². The Morgan fingerprint density at radius 1 is 0.939 bits per heavy atom. The average molecular weight is 470 g/mol. The van der Waals surface area contributed by atoms with E-state index in [1.165, 1.54) is 23.5 Å². The number of oxazole rings is 1. The molecule has 2 aromatic heterocycles. The molecular formula is C22H23N5O5S. The molecule has 2 aliphatic rings. The Morgan fingerprint density at radius 3 is 2.27 bits per heavy atom. The molecule has 0 bridgehead atoms. The molecule has 33 heavy (non-hydrogen) atoms. The Hall–Kier alpha value is -3.44. The highest BCUT2D eigenvalue weighted by molar-refractivity contribution is 7.14. The highest BCUT2D eigenvalue weighted by Gasteiger charge is 2.30. The molecule has 2 N–H and O–H groups in total. The summed E-state index contributed by atoms with van der Waals surface area (Å²) in [7, 11) is 1.98. The molecule has 10 nitrogen and oxygen atoms in total.